The number of unbranched alkanes of at least 4 members (excludes halogenated alkanes) is 11. The lowest BCUT2D eigenvalue weighted by Crippen LogP contribution is -2.22. The summed E-state index contributed by atoms with van der Waals surface area (Å²) in [5, 5.41) is 0. The van der Waals surface area contributed by atoms with E-state index in [1.54, 1.807) is 0 Å². The minimum atomic E-state index is -1.12. The van der Waals surface area contributed by atoms with Crippen LogP contribution in [0.5, 0.6) is 0 Å². The lowest BCUT2D eigenvalue weighted by Gasteiger charge is -2.15. The quantitative estimate of drug-likeness (QED) is 0.0322. The van der Waals surface area contributed by atoms with Crippen LogP contribution in [0.3, 0.4) is 0 Å². The van der Waals surface area contributed by atoms with Crippen LogP contribution in [0.4, 0.5) is 0 Å². The SMILES string of the molecule is CC/C=C\C/C=C\C/C=C\CCCCCCCC(=O)OC(C)CCC/C=C\C/C=C\CCCCCCCC(=O)OCC[Si](C)(C)C. The maximum absolute atomic E-state index is 12.1. The number of hydrogen-bond acceptors (Lipinski definition) is 4. The molecule has 5 heteroatoms. The Morgan fingerprint density at radius 1 is 0.565 bits per heavy atom. The van der Waals surface area contributed by atoms with E-state index >= 15 is 0 Å². The molecule has 0 N–H and O–H groups in total. The molecule has 0 aromatic heterocycles. The van der Waals surface area contributed by atoms with Gasteiger partial charge in [0.25, 0.3) is 0 Å². The first-order valence-corrected chi connectivity index (χ1v) is 22.6. The fraction of sp³-hybridized carbons (Fsp3) is 0.707. The van der Waals surface area contributed by atoms with Gasteiger partial charge in [-0.3, -0.25) is 9.59 Å². The van der Waals surface area contributed by atoms with Gasteiger partial charge in [-0.1, -0.05) is 126 Å². The summed E-state index contributed by atoms with van der Waals surface area (Å²) in [6.07, 6.45) is 44.4. The molecule has 0 heterocycles. The lowest BCUT2D eigenvalue weighted by molar-refractivity contribution is -0.148. The first-order chi connectivity index (χ1) is 22.2. The van der Waals surface area contributed by atoms with Crippen molar-refractivity contribution < 1.29 is 19.1 Å². The van der Waals surface area contributed by atoms with Gasteiger partial charge in [0.05, 0.1) is 12.7 Å². The third kappa shape index (κ3) is 36.3. The van der Waals surface area contributed by atoms with Gasteiger partial charge in [0, 0.05) is 20.9 Å². The first-order valence-electron chi connectivity index (χ1n) is 18.8. The Morgan fingerprint density at radius 3 is 1.52 bits per heavy atom. The fourth-order valence-electron chi connectivity index (χ4n) is 4.87. The van der Waals surface area contributed by atoms with Gasteiger partial charge in [0.1, 0.15) is 0 Å². The molecule has 0 fully saturated rings. The molecule has 0 aliphatic heterocycles. The molecule has 4 nitrogen and oxygen atoms in total. The van der Waals surface area contributed by atoms with E-state index in [-0.39, 0.29) is 18.0 Å². The van der Waals surface area contributed by atoms with Gasteiger partial charge in [0.2, 0.25) is 0 Å². The van der Waals surface area contributed by atoms with Gasteiger partial charge in [-0.25, -0.2) is 0 Å². The molecule has 0 saturated carbocycles. The highest BCUT2D eigenvalue weighted by Gasteiger charge is 2.13. The zero-order valence-electron chi connectivity index (χ0n) is 30.7. The number of ether oxygens (including phenoxy) is 2. The summed E-state index contributed by atoms with van der Waals surface area (Å²) < 4.78 is 11.0. The van der Waals surface area contributed by atoms with Gasteiger partial charge in [-0.2, -0.15) is 0 Å². The summed E-state index contributed by atoms with van der Waals surface area (Å²) >= 11 is 0. The third-order valence-electron chi connectivity index (χ3n) is 7.82. The van der Waals surface area contributed by atoms with Crippen LogP contribution in [0.2, 0.25) is 25.7 Å². The molecule has 0 radical (unpaired) electrons. The van der Waals surface area contributed by atoms with Crippen molar-refractivity contribution in [3.05, 3.63) is 60.8 Å². The normalized spacial score (nSPS) is 13.2. The second-order valence-corrected chi connectivity index (χ2v) is 19.5. The average Bonchev–Trinajstić information content (AvgIpc) is 3.00. The van der Waals surface area contributed by atoms with E-state index in [9.17, 15) is 9.59 Å². The van der Waals surface area contributed by atoms with Crippen molar-refractivity contribution in [1.29, 1.82) is 0 Å². The highest BCUT2D eigenvalue weighted by molar-refractivity contribution is 6.76. The van der Waals surface area contributed by atoms with Crippen LogP contribution in [0.1, 0.15) is 149 Å². The number of allylic oxidation sites excluding steroid dienone is 10. The Hall–Kier alpha value is -2.14. The Labute approximate surface area is 286 Å². The molecule has 1 unspecified atom stereocenters. The van der Waals surface area contributed by atoms with Gasteiger partial charge < -0.3 is 9.47 Å². The van der Waals surface area contributed by atoms with Gasteiger partial charge in [-0.05, 0) is 96.4 Å². The number of esters is 2. The molecule has 0 saturated heterocycles. The molecule has 46 heavy (non-hydrogen) atoms. The van der Waals surface area contributed by atoms with Crippen LogP contribution >= 0.6 is 0 Å². The topological polar surface area (TPSA) is 52.6 Å². The predicted molar refractivity (Wildman–Crippen MR) is 203 cm³/mol. The number of hydrogen-bond donors (Lipinski definition) is 0. The van der Waals surface area contributed by atoms with Crippen molar-refractivity contribution in [3.8, 4) is 0 Å². The standard InChI is InChI=1S/C41H72O4Si/c1-6-7-8-9-10-11-12-13-14-17-21-24-27-30-33-36-41(43)45-39(2)34-31-28-25-22-19-16-15-18-20-23-26-29-32-35-40(42)44-37-38-46(3,4)5/h7-8,10-11,13-16,22,25,39H,6,9,12,17-21,23-24,26-38H2,1-5H3/b8-7-,11-10-,14-13-,16-15-,25-22-. The van der Waals surface area contributed by atoms with Crippen molar-refractivity contribution in [2.45, 2.75) is 180 Å². The maximum Gasteiger partial charge on any atom is 0.306 e. The Balaban J connectivity index is 3.52. The smallest absolute Gasteiger partial charge is 0.306 e. The summed E-state index contributed by atoms with van der Waals surface area (Å²) in [6, 6.07) is 1.05. The summed E-state index contributed by atoms with van der Waals surface area (Å²) in [7, 11) is -1.12. The van der Waals surface area contributed by atoms with E-state index in [1.165, 1.54) is 38.5 Å². The zero-order valence-corrected chi connectivity index (χ0v) is 31.7. The van der Waals surface area contributed by atoms with Crippen molar-refractivity contribution >= 4 is 20.0 Å². The maximum atomic E-state index is 12.1. The summed E-state index contributed by atoms with van der Waals surface area (Å²) in [4.78, 5) is 23.9. The van der Waals surface area contributed by atoms with E-state index < -0.39 is 8.07 Å². The van der Waals surface area contributed by atoms with E-state index in [0.717, 1.165) is 89.5 Å². The lowest BCUT2D eigenvalue weighted by atomic mass is 10.1. The molecule has 0 aromatic carbocycles. The first kappa shape index (κ1) is 43.9. The van der Waals surface area contributed by atoms with Crippen molar-refractivity contribution in [3.63, 3.8) is 0 Å². The largest absolute Gasteiger partial charge is 0.466 e. The zero-order chi connectivity index (χ0) is 34.0. The summed E-state index contributed by atoms with van der Waals surface area (Å²) in [5.74, 6) is -0.0633. The van der Waals surface area contributed by atoms with Gasteiger partial charge in [-0.15, -0.1) is 0 Å². The minimum absolute atomic E-state index is 0.00356. The molecule has 0 aliphatic rings. The number of carbonyl (C=O) groups is 2. The molecule has 0 spiro atoms. The second-order valence-electron chi connectivity index (χ2n) is 13.8. The molecule has 0 rings (SSSR count). The van der Waals surface area contributed by atoms with Crippen LogP contribution in [-0.4, -0.2) is 32.7 Å². The van der Waals surface area contributed by atoms with E-state index in [2.05, 4.69) is 87.3 Å². The summed E-state index contributed by atoms with van der Waals surface area (Å²) in [5.41, 5.74) is 0. The minimum Gasteiger partial charge on any atom is -0.466 e. The van der Waals surface area contributed by atoms with E-state index in [0.29, 0.717) is 19.4 Å². The molecule has 0 aromatic rings. The Morgan fingerprint density at radius 2 is 1.00 bits per heavy atom. The van der Waals surface area contributed by atoms with E-state index in [1.807, 2.05) is 6.92 Å². The second kappa shape index (κ2) is 32.8. The highest BCUT2D eigenvalue weighted by atomic mass is 28.3. The van der Waals surface area contributed by atoms with Crippen LogP contribution in [0.25, 0.3) is 0 Å². The average molecular weight is 657 g/mol. The van der Waals surface area contributed by atoms with E-state index in [4.69, 9.17) is 9.47 Å². The number of carbonyl (C=O) groups excluding carboxylic acids is 2. The molecule has 1 atom stereocenters. The fourth-order valence-corrected chi connectivity index (χ4v) is 5.58. The molecule has 0 amide bonds. The Bertz CT molecular complexity index is 862. The molecule has 0 bridgehead atoms. The van der Waals surface area contributed by atoms with Crippen LogP contribution < -0.4 is 0 Å². The molecular weight excluding hydrogens is 585 g/mol. The predicted octanol–water partition coefficient (Wildman–Crippen LogP) is 12.8. The van der Waals surface area contributed by atoms with Crippen molar-refractivity contribution in [2.24, 2.45) is 0 Å². The molecular formula is C41H72O4Si. The summed E-state index contributed by atoms with van der Waals surface area (Å²) in [6.45, 7) is 11.7. The van der Waals surface area contributed by atoms with Gasteiger partial charge >= 0.3 is 11.9 Å². The van der Waals surface area contributed by atoms with Crippen LogP contribution in [0, 0.1) is 0 Å². The monoisotopic (exact) mass is 657 g/mol. The van der Waals surface area contributed by atoms with Crippen molar-refractivity contribution in [1.82, 2.24) is 0 Å². The third-order valence-corrected chi connectivity index (χ3v) is 9.52. The molecule has 264 valence electrons. The van der Waals surface area contributed by atoms with Gasteiger partial charge in [0.15, 0.2) is 0 Å². The Kier molecular flexibility index (Phi) is 31.3. The van der Waals surface area contributed by atoms with Crippen molar-refractivity contribution in [2.75, 3.05) is 6.61 Å². The molecule has 0 aliphatic carbocycles. The van der Waals surface area contributed by atoms with Crippen LogP contribution in [-0.2, 0) is 19.1 Å². The number of rotatable bonds is 31. The van der Waals surface area contributed by atoms with Crippen LogP contribution in [0.15, 0.2) is 60.8 Å². The highest BCUT2D eigenvalue weighted by Crippen LogP contribution is 2.13.